The Kier molecular flexibility index (Phi) is 16.5. The minimum Gasteiger partial charge on any atom is -0.481 e. The summed E-state index contributed by atoms with van der Waals surface area (Å²) in [5.74, 6) is -0.672. The minimum atomic E-state index is -0.833. The van der Waals surface area contributed by atoms with Gasteiger partial charge in [-0.1, -0.05) is 50.7 Å². The van der Waals surface area contributed by atoms with Crippen molar-refractivity contribution in [1.82, 2.24) is 0 Å². The quantitative estimate of drug-likeness (QED) is 0.288. The Morgan fingerprint density at radius 1 is 1.19 bits per heavy atom. The Morgan fingerprint density at radius 2 is 1.81 bits per heavy atom. The third kappa shape index (κ3) is 14.7. The first-order chi connectivity index (χ1) is 12.9. The van der Waals surface area contributed by atoms with Crippen LogP contribution in [0, 0.1) is 0 Å². The first kappa shape index (κ1) is 26.0. The van der Waals surface area contributed by atoms with E-state index in [1.165, 1.54) is 44.1 Å². The van der Waals surface area contributed by atoms with Crippen molar-refractivity contribution in [2.75, 3.05) is 12.4 Å². The number of esters is 1. The zero-order chi connectivity index (χ0) is 20.5. The number of carbonyl (C=O) groups is 2. The SMILES string of the molecule is CC(=O)O.CCCCCCCCC=C1CCCC(O)C1SCC(=O)OCC. The predicted octanol–water partition coefficient (Wildman–Crippen LogP) is 4.96. The number of carboxylic acid groups (broad SMARTS) is 1. The number of aliphatic hydroxyl groups is 1. The zero-order valence-corrected chi connectivity index (χ0v) is 18.1. The molecule has 2 atom stereocenters. The van der Waals surface area contributed by atoms with Crippen LogP contribution >= 0.6 is 11.8 Å². The molecular weight excluding hydrogens is 364 g/mol. The van der Waals surface area contributed by atoms with Gasteiger partial charge in [0.1, 0.15) is 0 Å². The smallest absolute Gasteiger partial charge is 0.315 e. The number of allylic oxidation sites excluding steroid dienone is 1. The molecule has 27 heavy (non-hydrogen) atoms. The Bertz CT molecular complexity index is 432. The van der Waals surface area contributed by atoms with Gasteiger partial charge in [-0.15, -0.1) is 11.8 Å². The summed E-state index contributed by atoms with van der Waals surface area (Å²) >= 11 is 1.54. The van der Waals surface area contributed by atoms with E-state index in [0.29, 0.717) is 12.4 Å². The molecule has 1 saturated carbocycles. The second-order valence-corrected chi connectivity index (χ2v) is 7.98. The summed E-state index contributed by atoms with van der Waals surface area (Å²) in [7, 11) is 0. The van der Waals surface area contributed by atoms with Gasteiger partial charge >= 0.3 is 5.97 Å². The molecule has 5 nitrogen and oxygen atoms in total. The molecule has 0 bridgehead atoms. The third-order valence-corrected chi connectivity index (χ3v) is 5.71. The fraction of sp³-hybridized carbons (Fsp3) is 0.810. The van der Waals surface area contributed by atoms with Crippen molar-refractivity contribution >= 4 is 23.7 Å². The highest BCUT2D eigenvalue weighted by Crippen LogP contribution is 2.34. The van der Waals surface area contributed by atoms with Crippen LogP contribution in [0.1, 0.15) is 85.0 Å². The van der Waals surface area contributed by atoms with E-state index in [2.05, 4.69) is 13.0 Å². The average molecular weight is 403 g/mol. The topological polar surface area (TPSA) is 83.8 Å². The normalized spacial score (nSPS) is 20.7. The molecule has 0 heterocycles. The molecular formula is C21H38O5S. The van der Waals surface area contributed by atoms with E-state index in [-0.39, 0.29) is 17.3 Å². The molecule has 1 aliphatic rings. The van der Waals surface area contributed by atoms with Gasteiger partial charge in [-0.25, -0.2) is 0 Å². The van der Waals surface area contributed by atoms with Gasteiger partial charge in [0.15, 0.2) is 0 Å². The summed E-state index contributed by atoms with van der Waals surface area (Å²) in [5, 5.41) is 17.8. The van der Waals surface area contributed by atoms with Crippen molar-refractivity contribution < 1.29 is 24.5 Å². The summed E-state index contributed by atoms with van der Waals surface area (Å²) in [6.07, 6.45) is 13.9. The van der Waals surface area contributed by atoms with Crippen LogP contribution in [-0.2, 0) is 14.3 Å². The molecule has 0 aromatic carbocycles. The molecule has 0 spiro atoms. The lowest BCUT2D eigenvalue weighted by atomic mass is 9.91. The van der Waals surface area contributed by atoms with Gasteiger partial charge in [0.2, 0.25) is 0 Å². The van der Waals surface area contributed by atoms with Gasteiger partial charge < -0.3 is 14.9 Å². The Balaban J connectivity index is 0.00000153. The number of aliphatic hydroxyl groups excluding tert-OH is 1. The number of carboxylic acids is 1. The number of hydrogen-bond acceptors (Lipinski definition) is 5. The standard InChI is InChI=1S/C19H34O3S.C2H4O2/c1-3-5-6-7-8-9-10-12-16-13-11-14-17(20)19(16)23-15-18(21)22-4-2;1-2(3)4/h12,17,19-20H,3-11,13-15H2,1-2H3;1H3,(H,3,4). The van der Waals surface area contributed by atoms with Gasteiger partial charge in [0, 0.05) is 6.92 Å². The van der Waals surface area contributed by atoms with Gasteiger partial charge in [0.25, 0.3) is 5.97 Å². The maximum Gasteiger partial charge on any atom is 0.315 e. The van der Waals surface area contributed by atoms with Crippen molar-refractivity contribution in [2.45, 2.75) is 96.3 Å². The molecule has 1 rings (SSSR count). The van der Waals surface area contributed by atoms with E-state index in [0.717, 1.165) is 32.6 Å². The van der Waals surface area contributed by atoms with Crippen LogP contribution in [0.5, 0.6) is 0 Å². The molecule has 0 amide bonds. The van der Waals surface area contributed by atoms with E-state index in [4.69, 9.17) is 14.6 Å². The maximum atomic E-state index is 11.5. The number of hydrogen-bond donors (Lipinski definition) is 2. The predicted molar refractivity (Wildman–Crippen MR) is 112 cm³/mol. The van der Waals surface area contributed by atoms with Gasteiger partial charge in [0.05, 0.1) is 23.7 Å². The number of ether oxygens (including phenoxy) is 1. The Morgan fingerprint density at radius 3 is 2.44 bits per heavy atom. The fourth-order valence-electron chi connectivity index (χ4n) is 3.06. The number of carbonyl (C=O) groups excluding carboxylic acids is 1. The highest BCUT2D eigenvalue weighted by atomic mass is 32.2. The molecule has 6 heteroatoms. The number of rotatable bonds is 11. The zero-order valence-electron chi connectivity index (χ0n) is 17.2. The lowest BCUT2D eigenvalue weighted by Gasteiger charge is -2.30. The summed E-state index contributed by atoms with van der Waals surface area (Å²) in [6, 6.07) is 0. The van der Waals surface area contributed by atoms with Crippen molar-refractivity contribution in [3.63, 3.8) is 0 Å². The number of unbranched alkanes of at least 4 members (excludes halogenated alkanes) is 6. The summed E-state index contributed by atoms with van der Waals surface area (Å²) < 4.78 is 4.99. The number of thioether (sulfide) groups is 1. The molecule has 0 aromatic heterocycles. The monoisotopic (exact) mass is 402 g/mol. The van der Waals surface area contributed by atoms with E-state index in [1.807, 2.05) is 6.92 Å². The molecule has 0 aliphatic heterocycles. The second-order valence-electron chi connectivity index (χ2n) is 6.85. The van der Waals surface area contributed by atoms with Crippen LogP contribution in [0.25, 0.3) is 0 Å². The van der Waals surface area contributed by atoms with Crippen LogP contribution in [0.4, 0.5) is 0 Å². The summed E-state index contributed by atoms with van der Waals surface area (Å²) in [4.78, 5) is 20.5. The number of aliphatic carboxylic acids is 1. The van der Waals surface area contributed by atoms with Gasteiger partial charge in [-0.2, -0.15) is 0 Å². The maximum absolute atomic E-state index is 11.5. The average Bonchev–Trinajstić information content (AvgIpc) is 2.60. The molecule has 0 radical (unpaired) electrons. The van der Waals surface area contributed by atoms with Crippen molar-refractivity contribution in [1.29, 1.82) is 0 Å². The highest BCUT2D eigenvalue weighted by Gasteiger charge is 2.28. The first-order valence-corrected chi connectivity index (χ1v) is 11.3. The van der Waals surface area contributed by atoms with Crippen LogP contribution < -0.4 is 0 Å². The van der Waals surface area contributed by atoms with E-state index in [1.54, 1.807) is 11.8 Å². The molecule has 1 aliphatic carbocycles. The molecule has 2 N–H and O–H groups in total. The second kappa shape index (κ2) is 17.1. The lowest BCUT2D eigenvalue weighted by molar-refractivity contribution is -0.140. The summed E-state index contributed by atoms with van der Waals surface area (Å²) in [6.45, 7) is 5.57. The molecule has 158 valence electrons. The van der Waals surface area contributed by atoms with E-state index < -0.39 is 5.97 Å². The van der Waals surface area contributed by atoms with E-state index in [9.17, 15) is 9.90 Å². The summed E-state index contributed by atoms with van der Waals surface area (Å²) in [5.41, 5.74) is 1.34. The minimum absolute atomic E-state index is 0.0771. The molecule has 0 aromatic rings. The third-order valence-electron chi connectivity index (χ3n) is 4.33. The molecule has 1 fully saturated rings. The van der Waals surface area contributed by atoms with Crippen LogP contribution in [0.15, 0.2) is 11.6 Å². The van der Waals surface area contributed by atoms with Crippen LogP contribution in [0.3, 0.4) is 0 Å². The van der Waals surface area contributed by atoms with E-state index >= 15 is 0 Å². The van der Waals surface area contributed by atoms with Gasteiger partial charge in [-0.05, 0) is 39.0 Å². The Labute approximate surface area is 168 Å². The lowest BCUT2D eigenvalue weighted by Crippen LogP contribution is -2.30. The molecule has 0 saturated heterocycles. The van der Waals surface area contributed by atoms with Crippen molar-refractivity contribution in [3.8, 4) is 0 Å². The van der Waals surface area contributed by atoms with Crippen molar-refractivity contribution in [3.05, 3.63) is 11.6 Å². The first-order valence-electron chi connectivity index (χ1n) is 10.3. The Hall–Kier alpha value is -1.01. The van der Waals surface area contributed by atoms with Crippen LogP contribution in [0.2, 0.25) is 0 Å². The fourth-order valence-corrected chi connectivity index (χ4v) is 4.25. The highest BCUT2D eigenvalue weighted by molar-refractivity contribution is 8.00. The van der Waals surface area contributed by atoms with Crippen molar-refractivity contribution in [2.24, 2.45) is 0 Å². The molecule has 2 unspecified atom stereocenters. The van der Waals surface area contributed by atoms with Crippen LogP contribution in [-0.4, -0.2) is 45.9 Å². The largest absolute Gasteiger partial charge is 0.481 e. The van der Waals surface area contributed by atoms with Gasteiger partial charge in [-0.3, -0.25) is 9.59 Å².